The zero-order chi connectivity index (χ0) is 10.8. The molecule has 0 amide bonds. The van der Waals surface area contributed by atoms with Crippen LogP contribution in [0.4, 0.5) is 14.5 Å². The lowest BCUT2D eigenvalue weighted by molar-refractivity contribution is 0.129. The first-order valence-electron chi connectivity index (χ1n) is 4.60. The van der Waals surface area contributed by atoms with E-state index in [0.29, 0.717) is 0 Å². The van der Waals surface area contributed by atoms with Crippen molar-refractivity contribution in [1.82, 2.24) is 0 Å². The van der Waals surface area contributed by atoms with Crippen molar-refractivity contribution in [3.63, 3.8) is 0 Å². The van der Waals surface area contributed by atoms with E-state index in [1.165, 1.54) is 12.1 Å². The second-order valence-electron chi connectivity index (χ2n) is 3.39. The van der Waals surface area contributed by atoms with Crippen LogP contribution in [0, 0.1) is 5.82 Å². The lowest BCUT2D eigenvalue weighted by atomic mass is 10.2. The largest absolute Gasteiger partial charge is 0.483 e. The van der Waals surface area contributed by atoms with Gasteiger partial charge in [-0.05, 0) is 12.1 Å². The van der Waals surface area contributed by atoms with E-state index in [9.17, 15) is 8.78 Å². The van der Waals surface area contributed by atoms with E-state index in [4.69, 9.17) is 15.2 Å². The van der Waals surface area contributed by atoms with Crippen LogP contribution in [-0.2, 0) is 4.74 Å². The van der Waals surface area contributed by atoms with E-state index in [2.05, 4.69) is 0 Å². The Morgan fingerprint density at radius 3 is 2.87 bits per heavy atom. The van der Waals surface area contributed by atoms with Crippen LogP contribution >= 0.6 is 0 Å². The number of hydrogen-bond acceptors (Lipinski definition) is 3. The van der Waals surface area contributed by atoms with E-state index in [1.807, 2.05) is 0 Å². The second kappa shape index (κ2) is 4.02. The zero-order valence-corrected chi connectivity index (χ0v) is 7.95. The van der Waals surface area contributed by atoms with Gasteiger partial charge in [0, 0.05) is 6.07 Å². The summed E-state index contributed by atoms with van der Waals surface area (Å²) in [5.74, 6) is -0.304. The van der Waals surface area contributed by atoms with Crippen LogP contribution in [-0.4, -0.2) is 25.5 Å². The summed E-state index contributed by atoms with van der Waals surface area (Å²) in [6.07, 6.45) is -1.89. The van der Waals surface area contributed by atoms with Gasteiger partial charge in [-0.1, -0.05) is 0 Å². The molecular formula is C10H11F2NO2. The first-order chi connectivity index (χ1) is 7.16. The second-order valence-corrected chi connectivity index (χ2v) is 3.39. The molecular weight excluding hydrogens is 204 g/mol. The maximum absolute atomic E-state index is 13.1. The highest BCUT2D eigenvalue weighted by Crippen LogP contribution is 2.25. The molecule has 1 saturated heterocycles. The molecule has 1 aliphatic rings. The number of halogens is 2. The number of ether oxygens (including phenoxy) is 2. The Kier molecular flexibility index (Phi) is 2.73. The van der Waals surface area contributed by atoms with Crippen LogP contribution in [0.5, 0.6) is 5.75 Å². The number of anilines is 1. The quantitative estimate of drug-likeness (QED) is 0.761. The summed E-state index contributed by atoms with van der Waals surface area (Å²) < 4.78 is 36.1. The van der Waals surface area contributed by atoms with Gasteiger partial charge in [-0.25, -0.2) is 8.78 Å². The molecule has 1 aliphatic heterocycles. The third-order valence-electron chi connectivity index (χ3n) is 2.22. The Morgan fingerprint density at radius 2 is 2.20 bits per heavy atom. The third-order valence-corrected chi connectivity index (χ3v) is 2.22. The van der Waals surface area contributed by atoms with Gasteiger partial charge >= 0.3 is 0 Å². The Balaban J connectivity index is 2.12. The van der Waals surface area contributed by atoms with Gasteiger partial charge in [-0.3, -0.25) is 0 Å². The van der Waals surface area contributed by atoms with Crippen LogP contribution in [0.3, 0.4) is 0 Å². The van der Waals surface area contributed by atoms with Crippen LogP contribution in [0.1, 0.15) is 0 Å². The fourth-order valence-corrected chi connectivity index (χ4v) is 1.39. The fraction of sp³-hybridized carbons (Fsp3) is 0.400. The van der Waals surface area contributed by atoms with Gasteiger partial charge < -0.3 is 15.2 Å². The maximum atomic E-state index is 13.1. The molecule has 1 aromatic rings. The minimum absolute atomic E-state index is 0.0138. The van der Waals surface area contributed by atoms with Crippen LogP contribution in [0.25, 0.3) is 0 Å². The molecule has 2 atom stereocenters. The van der Waals surface area contributed by atoms with Gasteiger partial charge in [0.2, 0.25) is 0 Å². The summed E-state index contributed by atoms with van der Waals surface area (Å²) in [6, 6.07) is 3.74. The zero-order valence-electron chi connectivity index (χ0n) is 7.95. The fourth-order valence-electron chi connectivity index (χ4n) is 1.39. The topological polar surface area (TPSA) is 44.5 Å². The summed E-state index contributed by atoms with van der Waals surface area (Å²) in [6.45, 7) is 0.178. The monoisotopic (exact) mass is 215 g/mol. The molecule has 2 rings (SSSR count). The van der Waals surface area contributed by atoms with Gasteiger partial charge in [0.15, 0.2) is 12.3 Å². The summed E-state index contributed by atoms with van der Waals surface area (Å²) >= 11 is 0. The molecule has 1 fully saturated rings. The van der Waals surface area contributed by atoms with Crippen molar-refractivity contribution in [2.24, 2.45) is 0 Å². The van der Waals surface area contributed by atoms with Crippen molar-refractivity contribution < 1.29 is 18.3 Å². The summed E-state index contributed by atoms with van der Waals surface area (Å²) in [5.41, 5.74) is 5.85. The third kappa shape index (κ3) is 2.18. The summed E-state index contributed by atoms with van der Waals surface area (Å²) in [5, 5.41) is 0. The Labute approximate surface area is 85.8 Å². The van der Waals surface area contributed by atoms with E-state index in [-0.39, 0.29) is 24.7 Å². The standard InChI is InChI=1S/C10H11F2NO2/c11-6-1-2-8(13)9(3-6)15-10-5-14-4-7(10)12/h1-3,7,10H,4-5,13H2/t7-,10-/m1/s1. The first-order valence-corrected chi connectivity index (χ1v) is 4.60. The van der Waals surface area contributed by atoms with E-state index in [1.54, 1.807) is 0 Å². The molecule has 0 bridgehead atoms. The SMILES string of the molecule is Nc1ccc(F)cc1O[C@@H]1COC[C@H]1F. The molecule has 1 aromatic carbocycles. The molecule has 0 unspecified atom stereocenters. The molecule has 0 aliphatic carbocycles. The Bertz CT molecular complexity index is 359. The average molecular weight is 215 g/mol. The van der Waals surface area contributed by atoms with Gasteiger partial charge in [-0.2, -0.15) is 0 Å². The average Bonchev–Trinajstić information content (AvgIpc) is 2.58. The summed E-state index contributed by atoms with van der Waals surface area (Å²) in [4.78, 5) is 0. The van der Waals surface area contributed by atoms with Crippen molar-refractivity contribution in [1.29, 1.82) is 0 Å². The number of rotatable bonds is 2. The van der Waals surface area contributed by atoms with Gasteiger partial charge in [0.1, 0.15) is 11.6 Å². The van der Waals surface area contributed by atoms with Gasteiger partial charge in [-0.15, -0.1) is 0 Å². The number of alkyl halides is 1. The first kappa shape index (κ1) is 10.2. The van der Waals surface area contributed by atoms with Gasteiger partial charge in [0.05, 0.1) is 18.9 Å². The van der Waals surface area contributed by atoms with Crippen LogP contribution < -0.4 is 10.5 Å². The van der Waals surface area contributed by atoms with Crippen molar-refractivity contribution in [2.75, 3.05) is 18.9 Å². The van der Waals surface area contributed by atoms with Gasteiger partial charge in [0.25, 0.3) is 0 Å². The number of nitrogens with two attached hydrogens (primary N) is 1. The van der Waals surface area contributed by atoms with E-state index >= 15 is 0 Å². The minimum Gasteiger partial charge on any atom is -0.483 e. The van der Waals surface area contributed by atoms with E-state index in [0.717, 1.165) is 6.07 Å². The lowest BCUT2D eigenvalue weighted by Crippen LogP contribution is -2.26. The minimum atomic E-state index is -1.19. The molecule has 1 heterocycles. The molecule has 0 radical (unpaired) electrons. The van der Waals surface area contributed by atoms with Crippen LogP contribution in [0.15, 0.2) is 18.2 Å². The molecule has 5 heteroatoms. The molecule has 82 valence electrons. The Morgan fingerprint density at radius 1 is 1.40 bits per heavy atom. The predicted octanol–water partition coefficient (Wildman–Crippen LogP) is 1.52. The normalized spacial score (nSPS) is 25.5. The Hall–Kier alpha value is -1.36. The van der Waals surface area contributed by atoms with Crippen molar-refractivity contribution >= 4 is 5.69 Å². The number of nitrogen functional groups attached to an aromatic ring is 1. The van der Waals surface area contributed by atoms with Crippen LogP contribution in [0.2, 0.25) is 0 Å². The molecule has 3 nitrogen and oxygen atoms in total. The molecule has 2 N–H and O–H groups in total. The van der Waals surface area contributed by atoms with E-state index < -0.39 is 18.1 Å². The molecule has 0 spiro atoms. The number of benzene rings is 1. The van der Waals surface area contributed by atoms with Crippen molar-refractivity contribution in [3.05, 3.63) is 24.0 Å². The lowest BCUT2D eigenvalue weighted by Gasteiger charge is -2.15. The molecule has 15 heavy (non-hydrogen) atoms. The maximum Gasteiger partial charge on any atom is 0.162 e. The van der Waals surface area contributed by atoms with Crippen molar-refractivity contribution in [3.8, 4) is 5.75 Å². The highest BCUT2D eigenvalue weighted by molar-refractivity contribution is 5.52. The molecule has 0 saturated carbocycles. The molecule has 0 aromatic heterocycles. The summed E-state index contributed by atoms with van der Waals surface area (Å²) in [7, 11) is 0. The highest BCUT2D eigenvalue weighted by Gasteiger charge is 2.30. The van der Waals surface area contributed by atoms with Crippen molar-refractivity contribution in [2.45, 2.75) is 12.3 Å². The predicted molar refractivity (Wildman–Crippen MR) is 50.9 cm³/mol. The number of hydrogen-bond donors (Lipinski definition) is 1. The smallest absolute Gasteiger partial charge is 0.162 e. The highest BCUT2D eigenvalue weighted by atomic mass is 19.1.